The molecule has 2 fully saturated rings. The van der Waals surface area contributed by atoms with E-state index in [2.05, 4.69) is 25.3 Å². The lowest BCUT2D eigenvalue weighted by molar-refractivity contribution is -0.0271. The van der Waals surface area contributed by atoms with E-state index in [1.807, 2.05) is 19.1 Å². The van der Waals surface area contributed by atoms with Gasteiger partial charge < -0.3 is 20.4 Å². The number of hydrogen-bond donors (Lipinski definition) is 3. The molecular formula is C23H28Cl2N6O2. The molecule has 3 heterocycles. The molecule has 2 aromatic heterocycles. The van der Waals surface area contributed by atoms with Crippen LogP contribution in [0.1, 0.15) is 33.6 Å². The Morgan fingerprint density at radius 2 is 1.88 bits per heavy atom. The molecule has 5 rings (SSSR count). The molecule has 2 bridgehead atoms. The van der Waals surface area contributed by atoms with E-state index in [1.165, 1.54) is 4.68 Å². The third kappa shape index (κ3) is 4.25. The summed E-state index contributed by atoms with van der Waals surface area (Å²) in [5, 5.41) is 30.1. The summed E-state index contributed by atoms with van der Waals surface area (Å²) in [5.74, 6) is 0.878. The number of benzene rings is 1. The Kier molecular flexibility index (Phi) is 5.47. The number of aliphatic hydroxyl groups is 2. The van der Waals surface area contributed by atoms with Gasteiger partial charge in [0.05, 0.1) is 45.9 Å². The van der Waals surface area contributed by atoms with Crippen LogP contribution in [0, 0.1) is 11.8 Å². The number of halogens is 2. The summed E-state index contributed by atoms with van der Waals surface area (Å²) in [4.78, 5) is 11.3. The number of hydrogen-bond acceptors (Lipinski definition) is 7. The summed E-state index contributed by atoms with van der Waals surface area (Å²) in [5.41, 5.74) is 0.704. The van der Waals surface area contributed by atoms with Crippen molar-refractivity contribution in [3.8, 4) is 0 Å². The van der Waals surface area contributed by atoms with E-state index in [0.717, 1.165) is 42.5 Å². The molecule has 0 amide bonds. The molecule has 176 valence electrons. The van der Waals surface area contributed by atoms with Gasteiger partial charge in [-0.25, -0.2) is 14.6 Å². The van der Waals surface area contributed by atoms with Gasteiger partial charge in [0.25, 0.3) is 0 Å². The fourth-order valence-corrected chi connectivity index (χ4v) is 5.56. The minimum Gasteiger partial charge on any atom is -0.389 e. The van der Waals surface area contributed by atoms with Gasteiger partial charge in [0, 0.05) is 36.5 Å². The van der Waals surface area contributed by atoms with E-state index in [9.17, 15) is 10.2 Å². The van der Waals surface area contributed by atoms with Gasteiger partial charge >= 0.3 is 0 Å². The predicted molar refractivity (Wildman–Crippen MR) is 130 cm³/mol. The minimum absolute atomic E-state index is 0.244. The number of rotatable bonds is 5. The highest BCUT2D eigenvalue weighted by atomic mass is 35.5. The Hall–Kier alpha value is -2.13. The quantitative estimate of drug-likeness (QED) is 0.491. The predicted octanol–water partition coefficient (Wildman–Crippen LogP) is 4.24. The van der Waals surface area contributed by atoms with Crippen LogP contribution in [0.4, 0.5) is 17.3 Å². The van der Waals surface area contributed by atoms with Crippen LogP contribution in [0.2, 0.25) is 10.2 Å². The lowest BCUT2D eigenvalue weighted by atomic mass is 9.82. The Bertz CT molecular complexity index is 1190. The molecular weight excluding hydrogens is 463 g/mol. The fourth-order valence-electron chi connectivity index (χ4n) is 5.07. The van der Waals surface area contributed by atoms with Crippen molar-refractivity contribution >= 4 is 51.4 Å². The third-order valence-corrected chi connectivity index (χ3v) is 7.65. The SMILES string of the molecule is CC(C)(O)Cn1ncc(Nc2ncc3cc(Cl)c(N4C[C@H]5CC[C@@H](C4)C5(C)O)cc3n2)c1Cl. The van der Waals surface area contributed by atoms with Crippen LogP contribution in [-0.4, -0.2) is 54.3 Å². The minimum atomic E-state index is -0.941. The highest BCUT2D eigenvalue weighted by Gasteiger charge is 2.49. The number of piperidine rings is 1. The topological polar surface area (TPSA) is 99.3 Å². The molecule has 1 saturated heterocycles. The van der Waals surface area contributed by atoms with Gasteiger partial charge in [0.15, 0.2) is 5.15 Å². The molecule has 0 spiro atoms. The second kappa shape index (κ2) is 7.98. The Balaban J connectivity index is 1.41. The van der Waals surface area contributed by atoms with Gasteiger partial charge in [-0.2, -0.15) is 5.10 Å². The van der Waals surface area contributed by atoms with Gasteiger partial charge in [0.2, 0.25) is 5.95 Å². The highest BCUT2D eigenvalue weighted by molar-refractivity contribution is 6.34. The molecule has 1 saturated carbocycles. The molecule has 3 atom stereocenters. The number of nitrogens with zero attached hydrogens (tertiary/aromatic N) is 5. The summed E-state index contributed by atoms with van der Waals surface area (Å²) in [6.45, 7) is 7.18. The van der Waals surface area contributed by atoms with Crippen molar-refractivity contribution in [3.63, 3.8) is 0 Å². The van der Waals surface area contributed by atoms with Crippen LogP contribution in [0.3, 0.4) is 0 Å². The number of nitrogens with one attached hydrogen (secondary N) is 1. The zero-order valence-corrected chi connectivity index (χ0v) is 20.4. The zero-order chi connectivity index (χ0) is 23.5. The van der Waals surface area contributed by atoms with Crippen molar-refractivity contribution in [2.45, 2.75) is 51.4 Å². The first-order chi connectivity index (χ1) is 15.5. The molecule has 1 aromatic carbocycles. The van der Waals surface area contributed by atoms with Crippen LogP contribution in [-0.2, 0) is 6.54 Å². The van der Waals surface area contributed by atoms with Crippen molar-refractivity contribution in [1.29, 1.82) is 0 Å². The molecule has 0 radical (unpaired) electrons. The van der Waals surface area contributed by atoms with Crippen LogP contribution in [0.5, 0.6) is 0 Å². The number of aromatic nitrogens is 4. The van der Waals surface area contributed by atoms with E-state index in [1.54, 1.807) is 26.2 Å². The standard InChI is InChI=1S/C23H28Cl2N6O2/c1-22(2,32)12-31-20(25)18(9-27-31)29-21-26-8-13-6-16(24)19(7-17(13)28-21)30-10-14-4-5-15(11-30)23(14,3)33/h6-9,14-15,32-33H,4-5,10-12H2,1-3H3,(H,26,28,29)/t14-,15+,23?. The maximum Gasteiger partial charge on any atom is 0.227 e. The lowest BCUT2D eigenvalue weighted by Crippen LogP contribution is -2.52. The van der Waals surface area contributed by atoms with Gasteiger partial charge in [-0.05, 0) is 45.7 Å². The van der Waals surface area contributed by atoms with Gasteiger partial charge in [-0.15, -0.1) is 0 Å². The van der Waals surface area contributed by atoms with Crippen molar-refractivity contribution in [2.75, 3.05) is 23.3 Å². The molecule has 1 aliphatic carbocycles. The summed E-state index contributed by atoms with van der Waals surface area (Å²) in [6.07, 6.45) is 5.39. The van der Waals surface area contributed by atoms with Crippen molar-refractivity contribution in [1.82, 2.24) is 19.7 Å². The zero-order valence-electron chi connectivity index (χ0n) is 18.9. The maximum absolute atomic E-state index is 10.8. The normalized spacial score (nSPS) is 25.1. The molecule has 3 N–H and O–H groups in total. The summed E-state index contributed by atoms with van der Waals surface area (Å²) < 4.78 is 1.53. The number of anilines is 3. The van der Waals surface area contributed by atoms with Crippen molar-refractivity contribution in [3.05, 3.63) is 34.7 Å². The average Bonchev–Trinajstić information content (AvgIpc) is 3.08. The first-order valence-corrected chi connectivity index (χ1v) is 11.9. The molecule has 3 aromatic rings. The van der Waals surface area contributed by atoms with Crippen LogP contribution >= 0.6 is 23.2 Å². The van der Waals surface area contributed by atoms with Crippen LogP contribution in [0.15, 0.2) is 24.5 Å². The average molecular weight is 491 g/mol. The molecule has 1 unspecified atom stereocenters. The van der Waals surface area contributed by atoms with E-state index in [0.29, 0.717) is 21.8 Å². The monoisotopic (exact) mass is 490 g/mol. The van der Waals surface area contributed by atoms with Crippen LogP contribution in [0.25, 0.3) is 10.9 Å². The van der Waals surface area contributed by atoms with E-state index in [4.69, 9.17) is 23.2 Å². The van der Waals surface area contributed by atoms with Gasteiger partial charge in [-0.1, -0.05) is 23.2 Å². The summed E-state index contributed by atoms with van der Waals surface area (Å²) >= 11 is 13.1. The van der Waals surface area contributed by atoms with E-state index >= 15 is 0 Å². The highest BCUT2D eigenvalue weighted by Crippen LogP contribution is 2.47. The second-order valence-corrected chi connectivity index (χ2v) is 10.9. The van der Waals surface area contributed by atoms with E-state index < -0.39 is 11.2 Å². The van der Waals surface area contributed by atoms with Gasteiger partial charge in [0.1, 0.15) is 0 Å². The molecule has 8 nitrogen and oxygen atoms in total. The Morgan fingerprint density at radius 3 is 2.55 bits per heavy atom. The number of fused-ring (bicyclic) bond motifs is 3. The van der Waals surface area contributed by atoms with Crippen molar-refractivity contribution in [2.24, 2.45) is 11.8 Å². The molecule has 33 heavy (non-hydrogen) atoms. The van der Waals surface area contributed by atoms with Gasteiger partial charge in [-0.3, -0.25) is 0 Å². The Morgan fingerprint density at radius 1 is 1.18 bits per heavy atom. The third-order valence-electron chi connectivity index (χ3n) is 6.95. The Labute approximate surface area is 202 Å². The molecule has 10 heteroatoms. The van der Waals surface area contributed by atoms with E-state index in [-0.39, 0.29) is 18.4 Å². The summed E-state index contributed by atoms with van der Waals surface area (Å²) in [7, 11) is 0. The van der Waals surface area contributed by atoms with Crippen LogP contribution < -0.4 is 10.2 Å². The largest absolute Gasteiger partial charge is 0.389 e. The molecule has 2 aliphatic rings. The maximum atomic E-state index is 10.8. The summed E-state index contributed by atoms with van der Waals surface area (Å²) in [6, 6.07) is 3.88. The molecule has 1 aliphatic heterocycles. The second-order valence-electron chi connectivity index (χ2n) is 10.1. The fraction of sp³-hybridized carbons (Fsp3) is 0.522. The first-order valence-electron chi connectivity index (χ1n) is 11.2. The lowest BCUT2D eigenvalue weighted by Gasteiger charge is -2.43. The first kappa shape index (κ1) is 22.7. The smallest absolute Gasteiger partial charge is 0.227 e. The van der Waals surface area contributed by atoms with Crippen molar-refractivity contribution < 1.29 is 10.2 Å².